The van der Waals surface area contributed by atoms with Crippen LogP contribution in [0.25, 0.3) is 0 Å². The normalized spacial score (nSPS) is 19.0. The molecule has 1 fully saturated rings. The molecule has 0 radical (unpaired) electrons. The van der Waals surface area contributed by atoms with Crippen molar-refractivity contribution in [3.05, 3.63) is 11.9 Å². The summed E-state index contributed by atoms with van der Waals surface area (Å²) in [6.45, 7) is 2.44. The van der Waals surface area contributed by atoms with Crippen molar-refractivity contribution in [2.75, 3.05) is 18.8 Å². The number of rotatable bonds is 3. The van der Waals surface area contributed by atoms with E-state index in [1.807, 2.05) is 0 Å². The zero-order chi connectivity index (χ0) is 11.1. The summed E-state index contributed by atoms with van der Waals surface area (Å²) in [6, 6.07) is 0. The third kappa shape index (κ3) is 1.72. The van der Waals surface area contributed by atoms with Crippen LogP contribution in [0.2, 0.25) is 0 Å². The third-order valence-electron chi connectivity index (χ3n) is 2.64. The van der Waals surface area contributed by atoms with E-state index in [1.165, 1.54) is 10.5 Å². The molecule has 0 atom stereocenters. The number of H-pyrrole nitrogens is 1. The van der Waals surface area contributed by atoms with Gasteiger partial charge in [0.15, 0.2) is 5.75 Å². The quantitative estimate of drug-likeness (QED) is 0.758. The zero-order valence-electron chi connectivity index (χ0n) is 8.34. The first kappa shape index (κ1) is 10.4. The van der Waals surface area contributed by atoms with Crippen LogP contribution < -0.4 is 0 Å². The van der Waals surface area contributed by atoms with Gasteiger partial charge in [0.2, 0.25) is 10.0 Å². The number of aromatic amines is 1. The van der Waals surface area contributed by atoms with Gasteiger partial charge in [-0.2, -0.15) is 5.10 Å². The van der Waals surface area contributed by atoms with Crippen LogP contribution in [0.3, 0.4) is 0 Å². The van der Waals surface area contributed by atoms with Gasteiger partial charge in [0.25, 0.3) is 0 Å². The minimum Gasteiger partial charge on any atom is -0.504 e. The molecule has 1 aromatic heterocycles. The van der Waals surface area contributed by atoms with Gasteiger partial charge >= 0.3 is 0 Å². The van der Waals surface area contributed by atoms with Crippen LogP contribution in [0, 0.1) is 0 Å². The van der Waals surface area contributed by atoms with E-state index in [0.717, 1.165) is 0 Å². The van der Waals surface area contributed by atoms with Gasteiger partial charge in [-0.3, -0.25) is 5.10 Å². The Bertz CT molecular complexity index is 447. The summed E-state index contributed by atoms with van der Waals surface area (Å²) < 4.78 is 24.2. The van der Waals surface area contributed by atoms with E-state index >= 15 is 0 Å². The Balaban J connectivity index is 2.03. The van der Waals surface area contributed by atoms with Crippen molar-refractivity contribution in [2.45, 2.75) is 12.8 Å². The smallest absolute Gasteiger partial charge is 0.213 e. The first-order valence-electron chi connectivity index (χ1n) is 4.75. The fraction of sp³-hybridized carbons (Fsp3) is 0.625. The fourth-order valence-corrected chi connectivity index (χ4v) is 2.79. The number of aromatic nitrogens is 2. The molecule has 1 aliphatic heterocycles. The molecule has 0 unspecified atom stereocenters. The number of hydrogen-bond donors (Lipinski definition) is 2. The maximum absolute atomic E-state index is 11.4. The average Bonchev–Trinajstić information content (AvgIpc) is 2.49. The highest BCUT2D eigenvalue weighted by Crippen LogP contribution is 2.32. The van der Waals surface area contributed by atoms with Crippen LogP contribution in [0.1, 0.15) is 18.5 Å². The Labute approximate surface area is 88.0 Å². The second-order valence-electron chi connectivity index (χ2n) is 3.57. The first-order valence-corrected chi connectivity index (χ1v) is 6.36. The summed E-state index contributed by atoms with van der Waals surface area (Å²) in [5.41, 5.74) is 0.553. The fourth-order valence-electron chi connectivity index (χ4n) is 1.62. The van der Waals surface area contributed by atoms with Gasteiger partial charge in [-0.25, -0.2) is 12.7 Å². The van der Waals surface area contributed by atoms with Gasteiger partial charge in [-0.05, 0) is 6.92 Å². The minimum atomic E-state index is -3.08. The van der Waals surface area contributed by atoms with Gasteiger partial charge in [0.05, 0.1) is 11.9 Å². The van der Waals surface area contributed by atoms with E-state index in [9.17, 15) is 13.5 Å². The van der Waals surface area contributed by atoms with E-state index in [2.05, 4.69) is 10.2 Å². The van der Waals surface area contributed by atoms with Crippen molar-refractivity contribution in [1.29, 1.82) is 0 Å². The molecule has 15 heavy (non-hydrogen) atoms. The van der Waals surface area contributed by atoms with Crippen molar-refractivity contribution in [3.8, 4) is 5.75 Å². The number of nitrogens with zero attached hydrogens (tertiary/aromatic N) is 2. The molecule has 1 aliphatic rings. The molecule has 84 valence electrons. The molecule has 2 heterocycles. The van der Waals surface area contributed by atoms with Crippen molar-refractivity contribution in [2.24, 2.45) is 0 Å². The van der Waals surface area contributed by atoms with Crippen LogP contribution in [0.5, 0.6) is 5.75 Å². The summed E-state index contributed by atoms with van der Waals surface area (Å²) in [4.78, 5) is 0. The molecular weight excluding hydrogens is 218 g/mol. The predicted molar refractivity (Wildman–Crippen MR) is 54.0 cm³/mol. The lowest BCUT2D eigenvalue weighted by atomic mass is 9.99. The van der Waals surface area contributed by atoms with Crippen molar-refractivity contribution >= 4 is 10.0 Å². The van der Waals surface area contributed by atoms with Gasteiger partial charge in [-0.1, -0.05) is 0 Å². The monoisotopic (exact) mass is 231 g/mol. The standard InChI is InChI=1S/C8H13N3O3S/c1-2-15(13,14)11-4-6(5-11)8-7(12)3-9-10-8/h3,6,12H,2,4-5H2,1H3,(H,9,10). The Morgan fingerprint density at radius 1 is 1.67 bits per heavy atom. The Morgan fingerprint density at radius 2 is 2.33 bits per heavy atom. The largest absolute Gasteiger partial charge is 0.504 e. The van der Waals surface area contributed by atoms with E-state index in [0.29, 0.717) is 18.8 Å². The lowest BCUT2D eigenvalue weighted by molar-refractivity contribution is 0.256. The molecule has 0 spiro atoms. The molecule has 0 aliphatic carbocycles. The summed E-state index contributed by atoms with van der Waals surface area (Å²) >= 11 is 0. The molecule has 2 rings (SSSR count). The predicted octanol–water partition coefficient (Wildman–Crippen LogP) is -0.136. The lowest BCUT2D eigenvalue weighted by Crippen LogP contribution is -2.49. The number of hydrogen-bond acceptors (Lipinski definition) is 4. The van der Waals surface area contributed by atoms with Gasteiger partial charge < -0.3 is 5.11 Å². The molecule has 0 bridgehead atoms. The third-order valence-corrected chi connectivity index (χ3v) is 4.46. The topological polar surface area (TPSA) is 86.3 Å². The van der Waals surface area contributed by atoms with E-state index in [1.54, 1.807) is 6.92 Å². The molecule has 7 heteroatoms. The van der Waals surface area contributed by atoms with Crippen LogP contribution >= 0.6 is 0 Å². The average molecular weight is 231 g/mol. The van der Waals surface area contributed by atoms with Crippen molar-refractivity contribution < 1.29 is 13.5 Å². The SMILES string of the molecule is CCS(=O)(=O)N1CC(c2n[nH]cc2O)C1. The molecule has 0 aromatic carbocycles. The van der Waals surface area contributed by atoms with Gasteiger partial charge in [0.1, 0.15) is 5.69 Å². The maximum Gasteiger partial charge on any atom is 0.213 e. The minimum absolute atomic E-state index is 0.0116. The summed E-state index contributed by atoms with van der Waals surface area (Å²) in [5, 5.41) is 15.8. The van der Waals surface area contributed by atoms with Gasteiger partial charge in [-0.15, -0.1) is 0 Å². The van der Waals surface area contributed by atoms with E-state index in [4.69, 9.17) is 0 Å². The molecule has 1 aromatic rings. The second kappa shape index (κ2) is 3.49. The molecular formula is C8H13N3O3S. The zero-order valence-corrected chi connectivity index (χ0v) is 9.16. The highest BCUT2D eigenvalue weighted by Gasteiger charge is 2.37. The van der Waals surface area contributed by atoms with Crippen LogP contribution in [-0.4, -0.2) is 46.9 Å². The highest BCUT2D eigenvalue weighted by atomic mass is 32.2. The van der Waals surface area contributed by atoms with Crippen LogP contribution in [-0.2, 0) is 10.0 Å². The summed E-state index contributed by atoms with van der Waals surface area (Å²) in [7, 11) is -3.08. The Kier molecular flexibility index (Phi) is 2.43. The molecule has 1 saturated heterocycles. The van der Waals surface area contributed by atoms with Gasteiger partial charge in [0, 0.05) is 19.0 Å². The Hall–Kier alpha value is -1.08. The van der Waals surface area contributed by atoms with Crippen LogP contribution in [0.15, 0.2) is 6.20 Å². The van der Waals surface area contributed by atoms with E-state index in [-0.39, 0.29) is 17.4 Å². The highest BCUT2D eigenvalue weighted by molar-refractivity contribution is 7.89. The molecule has 6 nitrogen and oxygen atoms in total. The van der Waals surface area contributed by atoms with E-state index < -0.39 is 10.0 Å². The van der Waals surface area contributed by atoms with Crippen LogP contribution in [0.4, 0.5) is 0 Å². The van der Waals surface area contributed by atoms with Crippen molar-refractivity contribution in [1.82, 2.24) is 14.5 Å². The second-order valence-corrected chi connectivity index (χ2v) is 5.83. The maximum atomic E-state index is 11.4. The summed E-state index contributed by atoms with van der Waals surface area (Å²) in [6.07, 6.45) is 1.40. The molecule has 0 amide bonds. The Morgan fingerprint density at radius 3 is 2.80 bits per heavy atom. The molecule has 0 saturated carbocycles. The summed E-state index contributed by atoms with van der Waals surface area (Å²) in [5.74, 6) is 0.234. The number of aromatic hydroxyl groups is 1. The lowest BCUT2D eigenvalue weighted by Gasteiger charge is -2.36. The number of sulfonamides is 1. The first-order chi connectivity index (χ1) is 7.04. The molecule has 2 N–H and O–H groups in total. The number of nitrogens with one attached hydrogen (secondary N) is 1. The van der Waals surface area contributed by atoms with Crippen molar-refractivity contribution in [3.63, 3.8) is 0 Å².